The molecular formula is C10H22O2. The maximum Gasteiger partial charge on any atom is 0.103 e. The van der Waals surface area contributed by atoms with Gasteiger partial charge < -0.3 is 0 Å². The van der Waals surface area contributed by atoms with Gasteiger partial charge in [0.25, 0.3) is 0 Å². The van der Waals surface area contributed by atoms with Gasteiger partial charge in [0, 0.05) is 0 Å². The normalized spacial score (nSPS) is 16.0. The summed E-state index contributed by atoms with van der Waals surface area (Å²) >= 11 is 0. The Morgan fingerprint density at radius 2 is 1.75 bits per heavy atom. The van der Waals surface area contributed by atoms with Crippen molar-refractivity contribution in [2.24, 2.45) is 0 Å². The third-order valence-corrected chi connectivity index (χ3v) is 2.53. The van der Waals surface area contributed by atoms with Crippen LogP contribution in [-0.4, -0.2) is 10.9 Å². The molecule has 0 heterocycles. The molecule has 2 heteroatoms. The van der Waals surface area contributed by atoms with Crippen LogP contribution in [0.5, 0.6) is 0 Å². The van der Waals surface area contributed by atoms with E-state index in [1.54, 1.807) is 0 Å². The zero-order chi connectivity index (χ0) is 9.45. The SMILES string of the molecule is CCCCC(CC)(CCC)OO. The summed E-state index contributed by atoms with van der Waals surface area (Å²) < 4.78 is 0. The third-order valence-electron chi connectivity index (χ3n) is 2.53. The molecule has 0 fully saturated rings. The molecule has 0 aliphatic rings. The summed E-state index contributed by atoms with van der Waals surface area (Å²) in [6.45, 7) is 6.35. The van der Waals surface area contributed by atoms with E-state index in [-0.39, 0.29) is 5.60 Å². The second-order valence-corrected chi connectivity index (χ2v) is 3.48. The number of rotatable bonds is 7. The van der Waals surface area contributed by atoms with Crippen LogP contribution >= 0.6 is 0 Å². The molecule has 2 nitrogen and oxygen atoms in total. The van der Waals surface area contributed by atoms with E-state index >= 15 is 0 Å². The molecule has 0 aromatic heterocycles. The highest BCUT2D eigenvalue weighted by molar-refractivity contribution is 4.76. The van der Waals surface area contributed by atoms with Gasteiger partial charge in [0.1, 0.15) is 5.60 Å². The van der Waals surface area contributed by atoms with Gasteiger partial charge in [0.05, 0.1) is 0 Å². The van der Waals surface area contributed by atoms with Crippen molar-refractivity contribution >= 4 is 0 Å². The quantitative estimate of drug-likeness (QED) is 0.472. The lowest BCUT2D eigenvalue weighted by molar-refractivity contribution is -0.328. The first-order valence-electron chi connectivity index (χ1n) is 5.07. The van der Waals surface area contributed by atoms with Gasteiger partial charge in [0.15, 0.2) is 0 Å². The zero-order valence-electron chi connectivity index (χ0n) is 8.60. The Morgan fingerprint density at radius 3 is 2.08 bits per heavy atom. The molecule has 1 N–H and O–H groups in total. The minimum Gasteiger partial charge on any atom is -0.251 e. The first-order chi connectivity index (χ1) is 5.74. The summed E-state index contributed by atoms with van der Waals surface area (Å²) in [4.78, 5) is 4.63. The molecule has 1 unspecified atom stereocenters. The topological polar surface area (TPSA) is 29.5 Å². The van der Waals surface area contributed by atoms with Crippen LogP contribution in [0.1, 0.15) is 59.3 Å². The lowest BCUT2D eigenvalue weighted by Gasteiger charge is -2.28. The largest absolute Gasteiger partial charge is 0.251 e. The number of hydrogen-bond acceptors (Lipinski definition) is 2. The molecular weight excluding hydrogens is 152 g/mol. The number of hydrogen-bond donors (Lipinski definition) is 1. The molecule has 12 heavy (non-hydrogen) atoms. The molecule has 0 saturated heterocycles. The highest BCUT2D eigenvalue weighted by atomic mass is 17.1. The third kappa shape index (κ3) is 3.55. The molecule has 0 saturated carbocycles. The van der Waals surface area contributed by atoms with Crippen molar-refractivity contribution in [1.29, 1.82) is 0 Å². The van der Waals surface area contributed by atoms with Gasteiger partial charge in [-0.25, -0.2) is 4.89 Å². The minimum absolute atomic E-state index is 0.259. The van der Waals surface area contributed by atoms with Crippen molar-refractivity contribution in [2.45, 2.75) is 64.9 Å². The van der Waals surface area contributed by atoms with Crippen LogP contribution in [0.15, 0.2) is 0 Å². The predicted octanol–water partition coefficient (Wildman–Crippen LogP) is 3.62. The van der Waals surface area contributed by atoms with E-state index in [0.717, 1.165) is 38.5 Å². The second kappa shape index (κ2) is 6.44. The molecule has 0 radical (unpaired) electrons. The van der Waals surface area contributed by atoms with Crippen LogP contribution in [0.3, 0.4) is 0 Å². The second-order valence-electron chi connectivity index (χ2n) is 3.48. The fourth-order valence-electron chi connectivity index (χ4n) is 1.59. The van der Waals surface area contributed by atoms with Gasteiger partial charge in [0.2, 0.25) is 0 Å². The van der Waals surface area contributed by atoms with Crippen LogP contribution in [-0.2, 0) is 4.89 Å². The van der Waals surface area contributed by atoms with Crippen LogP contribution in [0.2, 0.25) is 0 Å². The fourth-order valence-corrected chi connectivity index (χ4v) is 1.59. The molecule has 1 atom stereocenters. The molecule has 0 aliphatic carbocycles. The van der Waals surface area contributed by atoms with Crippen molar-refractivity contribution in [3.05, 3.63) is 0 Å². The molecule has 0 bridgehead atoms. The summed E-state index contributed by atoms with van der Waals surface area (Å²) in [5.74, 6) is 0. The van der Waals surface area contributed by atoms with E-state index in [4.69, 9.17) is 5.26 Å². The van der Waals surface area contributed by atoms with Crippen molar-refractivity contribution < 1.29 is 10.1 Å². The van der Waals surface area contributed by atoms with E-state index in [9.17, 15) is 0 Å². The summed E-state index contributed by atoms with van der Waals surface area (Å²) in [5, 5.41) is 8.83. The minimum atomic E-state index is -0.259. The van der Waals surface area contributed by atoms with Gasteiger partial charge in [-0.2, -0.15) is 0 Å². The average Bonchev–Trinajstić information content (AvgIpc) is 2.13. The zero-order valence-corrected chi connectivity index (χ0v) is 8.60. The molecule has 0 aromatic carbocycles. The first-order valence-corrected chi connectivity index (χ1v) is 5.07. The van der Waals surface area contributed by atoms with Crippen LogP contribution < -0.4 is 0 Å². The standard InChI is InChI=1S/C10H22O2/c1-4-7-9-10(6-3,12-11)8-5-2/h11H,4-9H2,1-3H3. The summed E-state index contributed by atoms with van der Waals surface area (Å²) in [5.41, 5.74) is -0.259. The first kappa shape index (κ1) is 11.9. The lowest BCUT2D eigenvalue weighted by atomic mass is 9.89. The van der Waals surface area contributed by atoms with Crippen molar-refractivity contribution in [2.75, 3.05) is 0 Å². The fraction of sp³-hybridized carbons (Fsp3) is 1.00. The van der Waals surface area contributed by atoms with E-state index in [2.05, 4.69) is 25.7 Å². The summed E-state index contributed by atoms with van der Waals surface area (Å²) in [6, 6.07) is 0. The Bertz CT molecular complexity index is 98.0. The lowest BCUT2D eigenvalue weighted by Crippen LogP contribution is -2.30. The van der Waals surface area contributed by atoms with Crippen molar-refractivity contribution in [1.82, 2.24) is 0 Å². The predicted molar refractivity (Wildman–Crippen MR) is 51.2 cm³/mol. The molecule has 0 rings (SSSR count). The molecule has 0 aromatic rings. The summed E-state index contributed by atoms with van der Waals surface area (Å²) in [6.07, 6.45) is 6.20. The van der Waals surface area contributed by atoms with E-state index < -0.39 is 0 Å². The Labute approximate surface area is 75.9 Å². The Kier molecular flexibility index (Phi) is 6.39. The van der Waals surface area contributed by atoms with Gasteiger partial charge in [-0.15, -0.1) is 0 Å². The molecule has 0 spiro atoms. The van der Waals surface area contributed by atoms with E-state index in [1.165, 1.54) is 0 Å². The molecule has 0 amide bonds. The van der Waals surface area contributed by atoms with Crippen LogP contribution in [0, 0.1) is 0 Å². The maximum absolute atomic E-state index is 8.83. The highest BCUT2D eigenvalue weighted by Crippen LogP contribution is 2.27. The van der Waals surface area contributed by atoms with E-state index in [1.807, 2.05) is 0 Å². The van der Waals surface area contributed by atoms with Crippen molar-refractivity contribution in [3.63, 3.8) is 0 Å². The highest BCUT2D eigenvalue weighted by Gasteiger charge is 2.27. The smallest absolute Gasteiger partial charge is 0.103 e. The van der Waals surface area contributed by atoms with Gasteiger partial charge in [-0.3, -0.25) is 5.26 Å². The Hall–Kier alpha value is -0.0800. The van der Waals surface area contributed by atoms with E-state index in [0.29, 0.717) is 0 Å². The van der Waals surface area contributed by atoms with Gasteiger partial charge in [-0.1, -0.05) is 40.0 Å². The molecule has 74 valence electrons. The molecule has 0 aliphatic heterocycles. The Balaban J connectivity index is 3.95. The van der Waals surface area contributed by atoms with Gasteiger partial charge in [-0.05, 0) is 19.3 Å². The summed E-state index contributed by atoms with van der Waals surface area (Å²) in [7, 11) is 0. The monoisotopic (exact) mass is 174 g/mol. The van der Waals surface area contributed by atoms with Crippen LogP contribution in [0.25, 0.3) is 0 Å². The number of unbranched alkanes of at least 4 members (excludes halogenated alkanes) is 1. The van der Waals surface area contributed by atoms with Gasteiger partial charge >= 0.3 is 0 Å². The maximum atomic E-state index is 8.83. The average molecular weight is 174 g/mol. The van der Waals surface area contributed by atoms with Crippen LogP contribution in [0.4, 0.5) is 0 Å². The Morgan fingerprint density at radius 1 is 1.08 bits per heavy atom. The van der Waals surface area contributed by atoms with Crippen molar-refractivity contribution in [3.8, 4) is 0 Å².